The second-order valence-corrected chi connectivity index (χ2v) is 9.39. The van der Waals surface area contributed by atoms with Crippen molar-refractivity contribution < 1.29 is 19.1 Å². The fourth-order valence-corrected chi connectivity index (χ4v) is 4.21. The normalized spacial score (nSPS) is 21.7. The van der Waals surface area contributed by atoms with Gasteiger partial charge in [-0.25, -0.2) is 4.79 Å². The summed E-state index contributed by atoms with van der Waals surface area (Å²) < 4.78 is 11.0. The number of nitrogens with zero attached hydrogens (tertiary/aromatic N) is 1. The molecule has 1 unspecified atom stereocenters. The van der Waals surface area contributed by atoms with E-state index in [9.17, 15) is 9.59 Å². The first-order chi connectivity index (χ1) is 13.7. The average molecular weight is 423 g/mol. The molecule has 7 heteroatoms. The number of rotatable bonds is 4. The molecule has 6 nitrogen and oxygen atoms in total. The van der Waals surface area contributed by atoms with Crippen molar-refractivity contribution in [3.05, 3.63) is 34.9 Å². The number of hydrogen-bond acceptors (Lipinski definition) is 4. The van der Waals surface area contributed by atoms with E-state index in [-0.39, 0.29) is 11.3 Å². The monoisotopic (exact) mass is 422 g/mol. The molecule has 2 saturated heterocycles. The van der Waals surface area contributed by atoms with Crippen LogP contribution in [0.3, 0.4) is 0 Å². The lowest BCUT2D eigenvalue weighted by Crippen LogP contribution is -2.51. The topological polar surface area (TPSA) is 67.9 Å². The maximum atomic E-state index is 13.0. The molecule has 2 heterocycles. The number of amides is 2. The van der Waals surface area contributed by atoms with Crippen molar-refractivity contribution in [2.75, 3.05) is 26.3 Å². The van der Waals surface area contributed by atoms with Crippen LogP contribution in [0.4, 0.5) is 4.79 Å². The van der Waals surface area contributed by atoms with Crippen LogP contribution in [-0.4, -0.2) is 54.8 Å². The van der Waals surface area contributed by atoms with Gasteiger partial charge >= 0.3 is 6.09 Å². The Balaban J connectivity index is 1.68. The summed E-state index contributed by atoms with van der Waals surface area (Å²) in [5.74, 6) is -0.117. The zero-order valence-corrected chi connectivity index (χ0v) is 18.3. The minimum Gasteiger partial charge on any atom is -0.444 e. The molecule has 160 valence electrons. The molecule has 1 aromatic carbocycles. The lowest BCUT2D eigenvalue weighted by Gasteiger charge is -2.38. The van der Waals surface area contributed by atoms with E-state index in [1.807, 2.05) is 45.0 Å². The van der Waals surface area contributed by atoms with Gasteiger partial charge in [-0.3, -0.25) is 9.69 Å². The Kier molecular flexibility index (Phi) is 6.74. The molecule has 29 heavy (non-hydrogen) atoms. The third-order valence-corrected chi connectivity index (χ3v) is 5.94. The molecular formula is C22H31ClN2O4. The Morgan fingerprint density at radius 1 is 1.24 bits per heavy atom. The van der Waals surface area contributed by atoms with Crippen molar-refractivity contribution in [1.29, 1.82) is 0 Å². The highest BCUT2D eigenvalue weighted by Crippen LogP contribution is 2.35. The number of hydrogen-bond donors (Lipinski definition) is 1. The lowest BCUT2D eigenvalue weighted by atomic mass is 9.74. The second-order valence-electron chi connectivity index (χ2n) is 8.95. The van der Waals surface area contributed by atoms with Gasteiger partial charge in [-0.2, -0.15) is 0 Å². The average Bonchev–Trinajstić information content (AvgIpc) is 3.16. The van der Waals surface area contributed by atoms with Crippen LogP contribution in [0.1, 0.15) is 52.0 Å². The Morgan fingerprint density at radius 2 is 1.90 bits per heavy atom. The SMILES string of the molecule is CC(C)(C)OC(=O)N1CCCC1C(=O)NCC1(c2ccc(Cl)cc2)CCOCC1. The molecule has 0 aliphatic carbocycles. The van der Waals surface area contributed by atoms with Gasteiger partial charge in [-0.1, -0.05) is 23.7 Å². The zero-order valence-electron chi connectivity index (χ0n) is 17.5. The Labute approximate surface area is 177 Å². The van der Waals surface area contributed by atoms with Crippen molar-refractivity contribution in [2.45, 2.75) is 63.5 Å². The maximum Gasteiger partial charge on any atom is 0.410 e. The molecule has 3 rings (SSSR count). The number of benzene rings is 1. The van der Waals surface area contributed by atoms with Crippen LogP contribution in [0.25, 0.3) is 0 Å². The first-order valence-corrected chi connectivity index (χ1v) is 10.7. The first-order valence-electron chi connectivity index (χ1n) is 10.3. The third-order valence-electron chi connectivity index (χ3n) is 5.69. The molecule has 0 saturated carbocycles. The van der Waals surface area contributed by atoms with Crippen LogP contribution in [0.2, 0.25) is 5.02 Å². The van der Waals surface area contributed by atoms with Gasteiger partial charge in [0.25, 0.3) is 0 Å². The maximum absolute atomic E-state index is 13.0. The van der Waals surface area contributed by atoms with E-state index in [1.54, 1.807) is 4.90 Å². The quantitative estimate of drug-likeness (QED) is 0.798. The van der Waals surface area contributed by atoms with E-state index in [4.69, 9.17) is 21.1 Å². The number of nitrogens with one attached hydrogen (secondary N) is 1. The number of halogens is 1. The Hall–Kier alpha value is -1.79. The third kappa shape index (κ3) is 5.43. The van der Waals surface area contributed by atoms with Gasteiger partial charge < -0.3 is 14.8 Å². The van der Waals surface area contributed by atoms with Gasteiger partial charge in [0.05, 0.1) is 0 Å². The molecule has 0 radical (unpaired) electrons. The number of carbonyl (C=O) groups excluding carboxylic acids is 2. The van der Waals surface area contributed by atoms with Gasteiger partial charge in [0.1, 0.15) is 11.6 Å². The predicted octanol–water partition coefficient (Wildman–Crippen LogP) is 3.90. The molecule has 1 aromatic rings. The van der Waals surface area contributed by atoms with Crippen molar-refractivity contribution in [1.82, 2.24) is 10.2 Å². The van der Waals surface area contributed by atoms with Gasteiger partial charge in [-0.15, -0.1) is 0 Å². The van der Waals surface area contributed by atoms with Crippen molar-refractivity contribution in [3.8, 4) is 0 Å². The van der Waals surface area contributed by atoms with Crippen molar-refractivity contribution >= 4 is 23.6 Å². The highest BCUT2D eigenvalue weighted by molar-refractivity contribution is 6.30. The molecule has 0 spiro atoms. The minimum atomic E-state index is -0.582. The van der Waals surface area contributed by atoms with Gasteiger partial charge in [-0.05, 0) is 64.2 Å². The van der Waals surface area contributed by atoms with Crippen LogP contribution in [0.15, 0.2) is 24.3 Å². The molecule has 0 aromatic heterocycles. The Bertz CT molecular complexity index is 723. The molecular weight excluding hydrogens is 392 g/mol. The molecule has 2 amide bonds. The van der Waals surface area contributed by atoms with Crippen LogP contribution in [0.5, 0.6) is 0 Å². The summed E-state index contributed by atoms with van der Waals surface area (Å²) in [6.07, 6.45) is 2.69. The highest BCUT2D eigenvalue weighted by Gasteiger charge is 2.39. The number of likely N-dealkylation sites (tertiary alicyclic amines) is 1. The summed E-state index contributed by atoms with van der Waals surface area (Å²) in [6.45, 7) is 7.86. The minimum absolute atomic E-state index is 0.117. The largest absolute Gasteiger partial charge is 0.444 e. The molecule has 2 aliphatic heterocycles. The molecule has 2 fully saturated rings. The van der Waals surface area contributed by atoms with Crippen molar-refractivity contribution in [2.24, 2.45) is 0 Å². The van der Waals surface area contributed by atoms with Crippen LogP contribution in [-0.2, 0) is 19.7 Å². The number of carbonyl (C=O) groups is 2. The summed E-state index contributed by atoms with van der Waals surface area (Å²) in [7, 11) is 0. The van der Waals surface area contributed by atoms with Crippen LogP contribution < -0.4 is 5.32 Å². The smallest absolute Gasteiger partial charge is 0.410 e. The Morgan fingerprint density at radius 3 is 2.52 bits per heavy atom. The van der Waals surface area contributed by atoms with Crippen LogP contribution >= 0.6 is 11.6 Å². The summed E-state index contributed by atoms with van der Waals surface area (Å²) in [4.78, 5) is 27.0. The van der Waals surface area contributed by atoms with Crippen LogP contribution in [0, 0.1) is 0 Å². The van der Waals surface area contributed by atoms with E-state index < -0.39 is 17.7 Å². The molecule has 0 bridgehead atoms. The standard InChI is InChI=1S/C22H31ClN2O4/c1-21(2,3)29-20(27)25-12-4-5-18(25)19(26)24-15-22(10-13-28-14-11-22)16-6-8-17(23)9-7-16/h6-9,18H,4-5,10-15H2,1-3H3,(H,24,26). The second kappa shape index (κ2) is 8.92. The predicted molar refractivity (Wildman–Crippen MR) is 112 cm³/mol. The number of ether oxygens (including phenoxy) is 2. The molecule has 2 aliphatic rings. The lowest BCUT2D eigenvalue weighted by molar-refractivity contribution is -0.126. The van der Waals surface area contributed by atoms with E-state index >= 15 is 0 Å². The van der Waals surface area contributed by atoms with Gasteiger partial charge in [0.15, 0.2) is 0 Å². The summed E-state index contributed by atoms with van der Waals surface area (Å²) in [6, 6.07) is 7.35. The fraction of sp³-hybridized carbons (Fsp3) is 0.636. The van der Waals surface area contributed by atoms with Gasteiger partial charge in [0.2, 0.25) is 5.91 Å². The molecule has 1 atom stereocenters. The van der Waals surface area contributed by atoms with E-state index in [0.717, 1.165) is 24.8 Å². The first kappa shape index (κ1) is 21.9. The zero-order chi connectivity index (χ0) is 21.1. The summed E-state index contributed by atoms with van der Waals surface area (Å²) >= 11 is 6.06. The van der Waals surface area contributed by atoms with E-state index in [0.29, 0.717) is 37.7 Å². The van der Waals surface area contributed by atoms with Crippen molar-refractivity contribution in [3.63, 3.8) is 0 Å². The van der Waals surface area contributed by atoms with E-state index in [1.165, 1.54) is 0 Å². The highest BCUT2D eigenvalue weighted by atomic mass is 35.5. The van der Waals surface area contributed by atoms with Gasteiger partial charge in [0, 0.05) is 36.7 Å². The van der Waals surface area contributed by atoms with E-state index in [2.05, 4.69) is 5.32 Å². The summed E-state index contributed by atoms with van der Waals surface area (Å²) in [5, 5.41) is 3.81. The summed E-state index contributed by atoms with van der Waals surface area (Å²) in [5.41, 5.74) is 0.385. The molecule has 1 N–H and O–H groups in total. The fourth-order valence-electron chi connectivity index (χ4n) is 4.09.